The van der Waals surface area contributed by atoms with Crippen molar-refractivity contribution in [1.29, 1.82) is 0 Å². The van der Waals surface area contributed by atoms with Gasteiger partial charge in [-0.3, -0.25) is 14.3 Å². The lowest BCUT2D eigenvalue weighted by Gasteiger charge is -2.23. The highest BCUT2D eigenvalue weighted by atomic mass is 16.5. The molecule has 0 saturated heterocycles. The summed E-state index contributed by atoms with van der Waals surface area (Å²) >= 11 is 0. The fourth-order valence-corrected chi connectivity index (χ4v) is 3.09. The number of hydrogen-bond donors (Lipinski definition) is 0. The summed E-state index contributed by atoms with van der Waals surface area (Å²) in [6.07, 6.45) is 5.93. The van der Waals surface area contributed by atoms with Gasteiger partial charge in [-0.15, -0.1) is 0 Å². The van der Waals surface area contributed by atoms with Gasteiger partial charge in [0.15, 0.2) is 5.43 Å². The van der Waals surface area contributed by atoms with Crippen molar-refractivity contribution in [2.75, 3.05) is 6.61 Å². The third-order valence-corrected chi connectivity index (χ3v) is 4.19. The van der Waals surface area contributed by atoms with Gasteiger partial charge in [0.25, 0.3) is 0 Å². The summed E-state index contributed by atoms with van der Waals surface area (Å²) in [5.74, 6) is 0.684. The van der Waals surface area contributed by atoms with E-state index in [0.29, 0.717) is 30.1 Å². The van der Waals surface area contributed by atoms with Crippen LogP contribution in [-0.4, -0.2) is 21.1 Å². The van der Waals surface area contributed by atoms with Gasteiger partial charge in [0.2, 0.25) is 5.88 Å². The molecule has 0 amide bonds. The van der Waals surface area contributed by atoms with Crippen LogP contribution in [0.1, 0.15) is 17.7 Å². The van der Waals surface area contributed by atoms with E-state index in [2.05, 4.69) is 9.97 Å². The average molecular weight is 307 g/mol. The predicted molar refractivity (Wildman–Crippen MR) is 87.8 cm³/mol. The molecule has 23 heavy (non-hydrogen) atoms. The van der Waals surface area contributed by atoms with Crippen LogP contribution >= 0.6 is 0 Å². The number of ether oxygens (including phenoxy) is 1. The van der Waals surface area contributed by atoms with Crippen molar-refractivity contribution in [2.24, 2.45) is 0 Å². The Bertz CT molecular complexity index is 903. The summed E-state index contributed by atoms with van der Waals surface area (Å²) in [6, 6.07) is 9.55. The third-order valence-electron chi connectivity index (χ3n) is 4.19. The highest BCUT2D eigenvalue weighted by Gasteiger charge is 2.21. The van der Waals surface area contributed by atoms with Crippen molar-refractivity contribution in [1.82, 2.24) is 14.5 Å². The molecule has 0 aliphatic carbocycles. The van der Waals surface area contributed by atoms with E-state index >= 15 is 0 Å². The third kappa shape index (κ3) is 2.48. The van der Waals surface area contributed by atoms with Gasteiger partial charge >= 0.3 is 0 Å². The van der Waals surface area contributed by atoms with Gasteiger partial charge in [0, 0.05) is 31.1 Å². The zero-order valence-electron chi connectivity index (χ0n) is 12.7. The second-order valence-corrected chi connectivity index (χ2v) is 5.66. The number of nitrogens with zero attached hydrogens (tertiary/aromatic N) is 3. The van der Waals surface area contributed by atoms with E-state index in [4.69, 9.17) is 4.74 Å². The number of hydrogen-bond acceptors (Lipinski definition) is 4. The van der Waals surface area contributed by atoms with Gasteiger partial charge in [-0.2, -0.15) is 0 Å². The van der Waals surface area contributed by atoms with Crippen LogP contribution in [0.5, 0.6) is 5.88 Å². The number of rotatable bonds is 3. The zero-order valence-corrected chi connectivity index (χ0v) is 12.7. The Hall–Kier alpha value is -2.69. The molecule has 5 nitrogen and oxygen atoms in total. The molecule has 1 aliphatic heterocycles. The van der Waals surface area contributed by atoms with Crippen LogP contribution in [0.15, 0.2) is 47.5 Å². The summed E-state index contributed by atoms with van der Waals surface area (Å²) in [4.78, 5) is 21.4. The Labute approximate surface area is 133 Å². The topological polar surface area (TPSA) is 57.0 Å². The quantitative estimate of drug-likeness (QED) is 0.745. The van der Waals surface area contributed by atoms with Crippen molar-refractivity contribution in [3.8, 4) is 5.88 Å². The molecule has 5 heteroatoms. The Morgan fingerprint density at radius 2 is 2.04 bits per heavy atom. The molecule has 0 fully saturated rings. The average Bonchev–Trinajstić information content (AvgIpc) is 2.63. The van der Waals surface area contributed by atoms with Gasteiger partial charge < -0.3 is 4.74 Å². The van der Waals surface area contributed by atoms with Gasteiger partial charge in [0.05, 0.1) is 17.6 Å². The summed E-state index contributed by atoms with van der Waals surface area (Å²) in [6.45, 7) is 1.33. The predicted octanol–water partition coefficient (Wildman–Crippen LogP) is 2.36. The Morgan fingerprint density at radius 1 is 1.13 bits per heavy atom. The fourth-order valence-electron chi connectivity index (χ4n) is 3.09. The maximum absolute atomic E-state index is 12.7. The molecule has 4 heterocycles. The van der Waals surface area contributed by atoms with Crippen molar-refractivity contribution < 1.29 is 4.74 Å². The smallest absolute Gasteiger partial charge is 0.202 e. The molecular weight excluding hydrogens is 290 g/mol. The number of pyridine rings is 3. The van der Waals surface area contributed by atoms with E-state index < -0.39 is 0 Å². The van der Waals surface area contributed by atoms with Crippen LogP contribution in [0, 0.1) is 0 Å². The number of aromatic nitrogens is 3. The lowest BCUT2D eigenvalue weighted by molar-refractivity contribution is 0.260. The minimum atomic E-state index is 0.0527. The fraction of sp³-hybridized carbons (Fsp3) is 0.278. The SMILES string of the molecule is O=c1c2c(n(CCc3ccccn3)c3ncccc13)OCCC2. The molecule has 0 atom stereocenters. The lowest BCUT2D eigenvalue weighted by Crippen LogP contribution is -2.24. The summed E-state index contributed by atoms with van der Waals surface area (Å²) < 4.78 is 7.86. The molecule has 4 rings (SSSR count). The lowest BCUT2D eigenvalue weighted by atomic mass is 10.1. The maximum Gasteiger partial charge on any atom is 0.202 e. The summed E-state index contributed by atoms with van der Waals surface area (Å²) in [5.41, 5.74) is 2.53. The largest absolute Gasteiger partial charge is 0.478 e. The van der Waals surface area contributed by atoms with Crippen molar-refractivity contribution in [2.45, 2.75) is 25.8 Å². The van der Waals surface area contributed by atoms with Crippen LogP contribution in [0.4, 0.5) is 0 Å². The number of fused-ring (bicyclic) bond motifs is 2. The maximum atomic E-state index is 12.7. The molecule has 0 bridgehead atoms. The van der Waals surface area contributed by atoms with Crippen molar-refractivity contribution in [3.63, 3.8) is 0 Å². The Morgan fingerprint density at radius 3 is 2.91 bits per heavy atom. The van der Waals surface area contributed by atoms with Crippen LogP contribution < -0.4 is 10.2 Å². The number of aryl methyl sites for hydroxylation is 2. The molecule has 0 unspecified atom stereocenters. The summed E-state index contributed by atoms with van der Waals surface area (Å²) in [7, 11) is 0. The molecule has 0 radical (unpaired) electrons. The molecule has 0 aromatic carbocycles. The van der Waals surface area contributed by atoms with Gasteiger partial charge in [-0.05, 0) is 37.1 Å². The highest BCUT2D eigenvalue weighted by molar-refractivity contribution is 5.77. The highest BCUT2D eigenvalue weighted by Crippen LogP contribution is 2.26. The second-order valence-electron chi connectivity index (χ2n) is 5.66. The monoisotopic (exact) mass is 307 g/mol. The first kappa shape index (κ1) is 13.9. The summed E-state index contributed by atoms with van der Waals surface area (Å²) in [5, 5.41) is 0.665. The van der Waals surface area contributed by atoms with Gasteiger partial charge in [-0.25, -0.2) is 4.98 Å². The minimum absolute atomic E-state index is 0.0527. The van der Waals surface area contributed by atoms with Crippen LogP contribution in [0.2, 0.25) is 0 Å². The molecule has 0 saturated carbocycles. The molecular formula is C18H17N3O2. The molecule has 0 N–H and O–H groups in total. The van der Waals surface area contributed by atoms with Crippen LogP contribution in [-0.2, 0) is 19.4 Å². The van der Waals surface area contributed by atoms with Gasteiger partial charge in [0.1, 0.15) is 5.65 Å². The van der Waals surface area contributed by atoms with E-state index in [-0.39, 0.29) is 5.43 Å². The van der Waals surface area contributed by atoms with E-state index in [9.17, 15) is 4.79 Å². The molecule has 116 valence electrons. The van der Waals surface area contributed by atoms with Crippen molar-refractivity contribution in [3.05, 3.63) is 64.2 Å². The molecule has 0 spiro atoms. The van der Waals surface area contributed by atoms with Crippen LogP contribution in [0.3, 0.4) is 0 Å². The van der Waals surface area contributed by atoms with E-state index in [1.165, 1.54) is 0 Å². The van der Waals surface area contributed by atoms with Crippen molar-refractivity contribution >= 4 is 11.0 Å². The zero-order chi connectivity index (χ0) is 15.6. The Kier molecular flexibility index (Phi) is 3.54. The van der Waals surface area contributed by atoms with Crippen LogP contribution in [0.25, 0.3) is 11.0 Å². The standard InChI is InChI=1S/C18H17N3O2/c22-16-14-6-3-10-20-17(14)21(18-15(16)7-4-12-23-18)11-8-13-5-1-2-9-19-13/h1-3,5-6,9-10H,4,7-8,11-12H2. The first-order valence-electron chi connectivity index (χ1n) is 7.88. The molecule has 3 aromatic heterocycles. The van der Waals surface area contributed by atoms with E-state index in [0.717, 1.165) is 30.5 Å². The minimum Gasteiger partial charge on any atom is -0.478 e. The first-order chi connectivity index (χ1) is 11.3. The molecule has 1 aliphatic rings. The van der Waals surface area contributed by atoms with E-state index in [1.54, 1.807) is 12.4 Å². The molecule has 3 aromatic rings. The second kappa shape index (κ2) is 5.83. The van der Waals surface area contributed by atoms with Gasteiger partial charge in [-0.1, -0.05) is 6.07 Å². The normalized spacial score (nSPS) is 13.6. The van der Waals surface area contributed by atoms with E-state index in [1.807, 2.05) is 34.9 Å². The Balaban J connectivity index is 1.84. The first-order valence-corrected chi connectivity index (χ1v) is 7.88.